The van der Waals surface area contributed by atoms with Crippen LogP contribution in [0.1, 0.15) is 65.7 Å². The molecule has 140 valence electrons. The molecule has 0 aromatic carbocycles. The summed E-state index contributed by atoms with van der Waals surface area (Å²) in [6.07, 6.45) is 9.39. The third-order valence-electron chi connectivity index (χ3n) is 8.19. The summed E-state index contributed by atoms with van der Waals surface area (Å²) in [4.78, 5) is 24.1. The average molecular weight is 385 g/mol. The van der Waals surface area contributed by atoms with E-state index in [1.165, 1.54) is 12.6 Å². The molecule has 3 saturated carbocycles. The Hall–Kier alpha value is -0.340. The van der Waals surface area contributed by atoms with Crippen LogP contribution in [-0.2, 0) is 9.59 Å². The van der Waals surface area contributed by atoms with Gasteiger partial charge in [0.1, 0.15) is 17.1 Å². The summed E-state index contributed by atoms with van der Waals surface area (Å²) < 4.78 is 0.400. The zero-order chi connectivity index (χ0) is 18.4. The van der Waals surface area contributed by atoms with E-state index in [9.17, 15) is 9.59 Å². The van der Waals surface area contributed by atoms with E-state index in [4.69, 9.17) is 23.2 Å². The number of rotatable bonds is 3. The quantitative estimate of drug-likeness (QED) is 0.562. The van der Waals surface area contributed by atoms with Gasteiger partial charge in [-0.15, -0.1) is 0 Å². The lowest BCUT2D eigenvalue weighted by atomic mass is 9.49. The second-order valence-corrected chi connectivity index (χ2v) is 10.2. The fraction of sp³-hybridized carbons (Fsp3) is 0.810. The Morgan fingerprint density at radius 1 is 1.04 bits per heavy atom. The van der Waals surface area contributed by atoms with E-state index < -0.39 is 0 Å². The number of aldehydes is 2. The van der Waals surface area contributed by atoms with Gasteiger partial charge in [0.2, 0.25) is 0 Å². The maximum atomic E-state index is 12.2. The van der Waals surface area contributed by atoms with Crippen LogP contribution >= 0.6 is 23.2 Å². The molecule has 0 radical (unpaired) electrons. The molecule has 0 amide bonds. The smallest absolute Gasteiger partial charge is 0.123 e. The molecule has 4 heteroatoms. The highest BCUT2D eigenvalue weighted by molar-refractivity contribution is 6.56. The van der Waals surface area contributed by atoms with Gasteiger partial charge >= 0.3 is 0 Å². The summed E-state index contributed by atoms with van der Waals surface area (Å²) in [5.74, 6) is 1.27. The van der Waals surface area contributed by atoms with Gasteiger partial charge in [-0.25, -0.2) is 0 Å². The van der Waals surface area contributed by atoms with Gasteiger partial charge in [0, 0.05) is 11.8 Å². The zero-order valence-corrected chi connectivity index (χ0v) is 17.1. The number of hydrogen-bond donors (Lipinski definition) is 0. The standard InChI is InChI=1S/C21H30Cl2O2/c1-13-6-8-20(2,14(10-13)11-24)17-7-9-21(3)16(15(17)12-25)4-5-18(21)19(22)23/h11-17H,4-10H2,1-3H3/t13-,14+,15-,16?,17?,20-,21-/m0/s1. The Morgan fingerprint density at radius 3 is 2.36 bits per heavy atom. The molecular formula is C21H30Cl2O2. The Balaban J connectivity index is 1.94. The van der Waals surface area contributed by atoms with Crippen LogP contribution in [0.2, 0.25) is 0 Å². The number of halogens is 2. The molecule has 2 nitrogen and oxygen atoms in total. The predicted octanol–water partition coefficient (Wildman–Crippen LogP) is 5.96. The minimum Gasteiger partial charge on any atom is -0.303 e. The molecule has 0 aromatic rings. The van der Waals surface area contributed by atoms with E-state index in [1.54, 1.807) is 0 Å². The summed E-state index contributed by atoms with van der Waals surface area (Å²) >= 11 is 12.3. The van der Waals surface area contributed by atoms with Crippen LogP contribution in [0, 0.1) is 40.4 Å². The topological polar surface area (TPSA) is 34.1 Å². The lowest BCUT2D eigenvalue weighted by Crippen LogP contribution is -2.50. The molecule has 3 rings (SSSR count). The Labute approximate surface area is 161 Å². The number of carbonyl (C=O) groups is 2. The molecule has 0 saturated heterocycles. The minimum atomic E-state index is -0.0596. The van der Waals surface area contributed by atoms with E-state index in [0.29, 0.717) is 22.2 Å². The summed E-state index contributed by atoms with van der Waals surface area (Å²) in [6.45, 7) is 6.74. The molecule has 3 aliphatic rings. The third-order valence-corrected chi connectivity index (χ3v) is 8.65. The highest BCUT2D eigenvalue weighted by Crippen LogP contribution is 2.64. The summed E-state index contributed by atoms with van der Waals surface area (Å²) in [5, 5.41) is 0. The lowest BCUT2D eigenvalue weighted by Gasteiger charge is -2.54. The monoisotopic (exact) mass is 384 g/mol. The van der Waals surface area contributed by atoms with Gasteiger partial charge in [-0.05, 0) is 72.7 Å². The van der Waals surface area contributed by atoms with Crippen molar-refractivity contribution in [1.82, 2.24) is 0 Å². The van der Waals surface area contributed by atoms with Crippen molar-refractivity contribution < 1.29 is 9.59 Å². The van der Waals surface area contributed by atoms with Crippen molar-refractivity contribution in [2.75, 3.05) is 0 Å². The second kappa shape index (κ2) is 7.00. The van der Waals surface area contributed by atoms with E-state index in [2.05, 4.69) is 20.8 Å². The maximum Gasteiger partial charge on any atom is 0.123 e. The fourth-order valence-electron chi connectivity index (χ4n) is 6.51. The largest absolute Gasteiger partial charge is 0.303 e. The second-order valence-electron chi connectivity index (χ2n) is 9.29. The minimum absolute atomic E-state index is 0.00443. The number of hydrogen-bond acceptors (Lipinski definition) is 2. The molecule has 0 bridgehead atoms. The molecule has 0 aromatic heterocycles. The normalized spacial score (nSPS) is 47.2. The molecule has 3 fully saturated rings. The van der Waals surface area contributed by atoms with Crippen LogP contribution in [0.3, 0.4) is 0 Å². The lowest BCUT2D eigenvalue weighted by molar-refractivity contribution is -0.133. The van der Waals surface area contributed by atoms with Crippen molar-refractivity contribution in [3.63, 3.8) is 0 Å². The number of carbonyl (C=O) groups excluding carboxylic acids is 2. The van der Waals surface area contributed by atoms with Crippen LogP contribution in [0.4, 0.5) is 0 Å². The van der Waals surface area contributed by atoms with Crippen LogP contribution in [-0.4, -0.2) is 12.6 Å². The van der Waals surface area contributed by atoms with Crippen molar-refractivity contribution in [3.05, 3.63) is 10.1 Å². The molecule has 0 heterocycles. The number of allylic oxidation sites excluding steroid dienone is 1. The molecule has 2 unspecified atom stereocenters. The molecule has 25 heavy (non-hydrogen) atoms. The first kappa shape index (κ1) is 19.4. The van der Waals surface area contributed by atoms with Crippen molar-refractivity contribution >= 4 is 35.8 Å². The van der Waals surface area contributed by atoms with Gasteiger partial charge in [0.25, 0.3) is 0 Å². The highest BCUT2D eigenvalue weighted by atomic mass is 35.5. The molecule has 0 N–H and O–H groups in total. The van der Waals surface area contributed by atoms with Gasteiger partial charge in [0.15, 0.2) is 0 Å². The van der Waals surface area contributed by atoms with Gasteiger partial charge in [-0.2, -0.15) is 0 Å². The SMILES string of the molecule is C[C@H]1CC[C@](C)(C2CC[C@]3(C)C(=C(Cl)Cl)CCC3[C@@H]2C=O)[C@@H](C=O)C1. The van der Waals surface area contributed by atoms with E-state index in [0.717, 1.165) is 50.5 Å². The van der Waals surface area contributed by atoms with Gasteiger partial charge in [0.05, 0.1) is 0 Å². The van der Waals surface area contributed by atoms with E-state index in [1.807, 2.05) is 0 Å². The van der Waals surface area contributed by atoms with Crippen molar-refractivity contribution in [2.24, 2.45) is 40.4 Å². The van der Waals surface area contributed by atoms with Crippen LogP contribution in [0.5, 0.6) is 0 Å². The third kappa shape index (κ3) is 3.02. The van der Waals surface area contributed by atoms with E-state index >= 15 is 0 Å². The molecule has 3 aliphatic carbocycles. The van der Waals surface area contributed by atoms with Crippen molar-refractivity contribution in [2.45, 2.75) is 65.7 Å². The maximum absolute atomic E-state index is 12.2. The molecule has 0 aliphatic heterocycles. The Bertz CT molecular complexity index is 582. The first-order chi connectivity index (χ1) is 11.8. The number of fused-ring (bicyclic) bond motifs is 1. The zero-order valence-electron chi connectivity index (χ0n) is 15.6. The van der Waals surface area contributed by atoms with Crippen molar-refractivity contribution in [3.8, 4) is 0 Å². The van der Waals surface area contributed by atoms with Crippen molar-refractivity contribution in [1.29, 1.82) is 0 Å². The summed E-state index contributed by atoms with van der Waals surface area (Å²) in [6, 6.07) is 0. The van der Waals surface area contributed by atoms with Gasteiger partial charge in [-0.3, -0.25) is 0 Å². The van der Waals surface area contributed by atoms with E-state index in [-0.39, 0.29) is 22.7 Å². The molecule has 7 atom stereocenters. The summed E-state index contributed by atoms with van der Waals surface area (Å²) in [5.41, 5.74) is 1.02. The Kier molecular flexibility index (Phi) is 5.44. The van der Waals surface area contributed by atoms with Crippen LogP contribution in [0.15, 0.2) is 10.1 Å². The average Bonchev–Trinajstić information content (AvgIpc) is 2.93. The first-order valence-corrected chi connectivity index (χ1v) is 10.5. The van der Waals surface area contributed by atoms with Crippen LogP contribution < -0.4 is 0 Å². The van der Waals surface area contributed by atoms with Gasteiger partial charge in [-0.1, -0.05) is 50.4 Å². The molecule has 0 spiro atoms. The Morgan fingerprint density at radius 2 is 1.76 bits per heavy atom. The fourth-order valence-corrected chi connectivity index (χ4v) is 7.13. The van der Waals surface area contributed by atoms with Gasteiger partial charge < -0.3 is 9.59 Å². The first-order valence-electron chi connectivity index (χ1n) is 9.73. The molecular weight excluding hydrogens is 355 g/mol. The summed E-state index contributed by atoms with van der Waals surface area (Å²) in [7, 11) is 0. The predicted molar refractivity (Wildman–Crippen MR) is 103 cm³/mol. The van der Waals surface area contributed by atoms with Crippen LogP contribution in [0.25, 0.3) is 0 Å². The highest BCUT2D eigenvalue weighted by Gasteiger charge is 2.57.